The fourth-order valence-electron chi connectivity index (χ4n) is 1.06. The lowest BCUT2D eigenvalue weighted by Crippen LogP contribution is -2.05. The van der Waals surface area contributed by atoms with Crippen LogP contribution in [0.1, 0.15) is 12.5 Å². The molecule has 4 nitrogen and oxygen atoms in total. The summed E-state index contributed by atoms with van der Waals surface area (Å²) in [7, 11) is 0. The summed E-state index contributed by atoms with van der Waals surface area (Å²) in [5, 5.41) is 2.64. The summed E-state index contributed by atoms with van der Waals surface area (Å²) in [6, 6.07) is 7.07. The summed E-state index contributed by atoms with van der Waals surface area (Å²) in [4.78, 5) is 21.2. The van der Waals surface area contributed by atoms with Crippen LogP contribution in [0, 0.1) is 0 Å². The molecule has 1 rings (SSSR count). The Bertz CT molecular complexity index is 394. The van der Waals surface area contributed by atoms with E-state index in [4.69, 9.17) is 5.73 Å². The molecule has 0 bridgehead atoms. The van der Waals surface area contributed by atoms with Crippen LogP contribution in [0.25, 0.3) is 6.08 Å². The van der Waals surface area contributed by atoms with Crippen LogP contribution in [0.3, 0.4) is 0 Å². The lowest BCUT2D eigenvalue weighted by molar-refractivity contribution is -0.114. The maximum absolute atomic E-state index is 10.7. The molecule has 0 aliphatic carbocycles. The van der Waals surface area contributed by atoms with Crippen molar-refractivity contribution in [1.82, 2.24) is 0 Å². The Labute approximate surface area is 87.8 Å². The minimum absolute atomic E-state index is 0.115. The second-order valence-electron chi connectivity index (χ2n) is 3.04. The quantitative estimate of drug-likeness (QED) is 0.725. The first kappa shape index (κ1) is 11.0. The number of rotatable bonds is 3. The van der Waals surface area contributed by atoms with E-state index in [0.29, 0.717) is 0 Å². The van der Waals surface area contributed by atoms with Crippen LogP contribution < -0.4 is 11.1 Å². The lowest BCUT2D eigenvalue weighted by Gasteiger charge is -2.01. The van der Waals surface area contributed by atoms with Crippen molar-refractivity contribution in [3.8, 4) is 0 Å². The number of primary amides is 1. The Morgan fingerprint density at radius 3 is 2.33 bits per heavy atom. The van der Waals surface area contributed by atoms with Crippen molar-refractivity contribution in [2.45, 2.75) is 6.92 Å². The molecule has 1 aromatic rings. The van der Waals surface area contributed by atoms with Gasteiger partial charge in [-0.1, -0.05) is 12.1 Å². The van der Waals surface area contributed by atoms with Gasteiger partial charge in [0.1, 0.15) is 0 Å². The first-order chi connectivity index (χ1) is 7.08. The second-order valence-corrected chi connectivity index (χ2v) is 3.04. The van der Waals surface area contributed by atoms with Gasteiger partial charge in [-0.2, -0.15) is 0 Å². The van der Waals surface area contributed by atoms with Gasteiger partial charge in [-0.25, -0.2) is 0 Å². The molecular formula is C11H12N2O2. The first-order valence-electron chi connectivity index (χ1n) is 4.43. The van der Waals surface area contributed by atoms with Crippen molar-refractivity contribution in [2.24, 2.45) is 5.73 Å². The van der Waals surface area contributed by atoms with Gasteiger partial charge < -0.3 is 11.1 Å². The number of carbonyl (C=O) groups excluding carboxylic acids is 2. The third kappa shape index (κ3) is 4.08. The van der Waals surface area contributed by atoms with Crippen LogP contribution in [0.2, 0.25) is 0 Å². The fourth-order valence-corrected chi connectivity index (χ4v) is 1.06. The highest BCUT2D eigenvalue weighted by Crippen LogP contribution is 2.10. The molecule has 0 saturated carbocycles. The molecule has 1 aromatic carbocycles. The Morgan fingerprint density at radius 1 is 1.27 bits per heavy atom. The van der Waals surface area contributed by atoms with Crippen LogP contribution in [0.15, 0.2) is 30.3 Å². The predicted octanol–water partition coefficient (Wildman–Crippen LogP) is 1.14. The van der Waals surface area contributed by atoms with E-state index in [1.54, 1.807) is 30.3 Å². The van der Waals surface area contributed by atoms with E-state index >= 15 is 0 Å². The molecule has 0 heterocycles. The highest BCUT2D eigenvalue weighted by atomic mass is 16.1. The molecule has 3 N–H and O–H groups in total. The smallest absolute Gasteiger partial charge is 0.241 e. The zero-order valence-corrected chi connectivity index (χ0v) is 8.36. The fraction of sp³-hybridized carbons (Fsp3) is 0.0909. The molecule has 15 heavy (non-hydrogen) atoms. The molecule has 0 aliphatic heterocycles. The van der Waals surface area contributed by atoms with Gasteiger partial charge in [-0.05, 0) is 23.8 Å². The summed E-state index contributed by atoms with van der Waals surface area (Å²) < 4.78 is 0. The van der Waals surface area contributed by atoms with Gasteiger partial charge in [0.05, 0.1) is 0 Å². The van der Waals surface area contributed by atoms with Crippen molar-refractivity contribution in [2.75, 3.05) is 5.32 Å². The molecule has 0 atom stereocenters. The average Bonchev–Trinajstić information content (AvgIpc) is 2.16. The summed E-state index contributed by atoms with van der Waals surface area (Å²) in [6.07, 6.45) is 2.90. The molecule has 0 spiro atoms. The lowest BCUT2D eigenvalue weighted by atomic mass is 10.2. The molecule has 0 fully saturated rings. The number of hydrogen-bond donors (Lipinski definition) is 2. The monoisotopic (exact) mass is 204 g/mol. The summed E-state index contributed by atoms with van der Waals surface area (Å²) in [5.41, 5.74) is 6.52. The Balaban J connectivity index is 2.72. The SMILES string of the molecule is CC(=O)Nc1ccc(C=CC(N)=O)cc1. The first-order valence-corrected chi connectivity index (χ1v) is 4.43. The van der Waals surface area contributed by atoms with Crippen LogP contribution in [-0.4, -0.2) is 11.8 Å². The number of amides is 2. The van der Waals surface area contributed by atoms with E-state index < -0.39 is 5.91 Å². The van der Waals surface area contributed by atoms with Gasteiger partial charge in [0.15, 0.2) is 0 Å². The summed E-state index contributed by atoms with van der Waals surface area (Å²) in [6.45, 7) is 1.45. The van der Waals surface area contributed by atoms with Gasteiger partial charge in [0, 0.05) is 18.7 Å². The van der Waals surface area contributed by atoms with Crippen molar-refractivity contribution in [3.05, 3.63) is 35.9 Å². The van der Waals surface area contributed by atoms with E-state index in [1.807, 2.05) is 0 Å². The largest absolute Gasteiger partial charge is 0.366 e. The van der Waals surface area contributed by atoms with Crippen molar-refractivity contribution in [3.63, 3.8) is 0 Å². The van der Waals surface area contributed by atoms with Gasteiger partial charge in [0.25, 0.3) is 0 Å². The Morgan fingerprint density at radius 2 is 1.87 bits per heavy atom. The van der Waals surface area contributed by atoms with Crippen molar-refractivity contribution in [1.29, 1.82) is 0 Å². The average molecular weight is 204 g/mol. The topological polar surface area (TPSA) is 72.2 Å². The minimum atomic E-state index is -0.485. The molecule has 0 unspecified atom stereocenters. The Kier molecular flexibility index (Phi) is 3.62. The highest BCUT2D eigenvalue weighted by molar-refractivity contribution is 5.91. The number of hydrogen-bond acceptors (Lipinski definition) is 2. The number of nitrogens with one attached hydrogen (secondary N) is 1. The predicted molar refractivity (Wildman–Crippen MR) is 59.0 cm³/mol. The van der Waals surface area contributed by atoms with Gasteiger partial charge in [-0.15, -0.1) is 0 Å². The molecule has 0 aromatic heterocycles. The highest BCUT2D eigenvalue weighted by Gasteiger charge is 1.94. The third-order valence-corrected chi connectivity index (χ3v) is 1.67. The van der Waals surface area contributed by atoms with E-state index in [2.05, 4.69) is 5.32 Å². The Hall–Kier alpha value is -2.10. The number of benzene rings is 1. The summed E-state index contributed by atoms with van der Waals surface area (Å²) >= 11 is 0. The number of nitrogens with two attached hydrogens (primary N) is 1. The van der Waals surface area contributed by atoms with Crippen molar-refractivity contribution >= 4 is 23.6 Å². The third-order valence-electron chi connectivity index (χ3n) is 1.67. The maximum atomic E-state index is 10.7. The number of anilines is 1. The summed E-state index contributed by atoms with van der Waals surface area (Å²) in [5.74, 6) is -0.601. The zero-order chi connectivity index (χ0) is 11.3. The van der Waals surface area contributed by atoms with Gasteiger partial charge in [-0.3, -0.25) is 9.59 Å². The molecule has 4 heteroatoms. The standard InChI is InChI=1S/C11H12N2O2/c1-8(14)13-10-5-2-9(3-6-10)4-7-11(12)15/h2-7H,1H3,(H2,12,15)(H,13,14). The minimum Gasteiger partial charge on any atom is -0.366 e. The molecular weight excluding hydrogens is 192 g/mol. The number of carbonyl (C=O) groups is 2. The normalized spacial score (nSPS) is 10.2. The van der Waals surface area contributed by atoms with E-state index in [-0.39, 0.29) is 5.91 Å². The van der Waals surface area contributed by atoms with E-state index in [0.717, 1.165) is 11.3 Å². The van der Waals surface area contributed by atoms with E-state index in [1.165, 1.54) is 13.0 Å². The molecule has 2 amide bonds. The van der Waals surface area contributed by atoms with Crippen LogP contribution in [-0.2, 0) is 9.59 Å². The van der Waals surface area contributed by atoms with Gasteiger partial charge >= 0.3 is 0 Å². The molecule has 0 radical (unpaired) electrons. The van der Waals surface area contributed by atoms with Crippen molar-refractivity contribution < 1.29 is 9.59 Å². The molecule has 78 valence electrons. The van der Waals surface area contributed by atoms with E-state index in [9.17, 15) is 9.59 Å². The molecule has 0 aliphatic rings. The maximum Gasteiger partial charge on any atom is 0.241 e. The second kappa shape index (κ2) is 4.95. The van der Waals surface area contributed by atoms with Crippen LogP contribution in [0.5, 0.6) is 0 Å². The van der Waals surface area contributed by atoms with Gasteiger partial charge in [0.2, 0.25) is 11.8 Å². The zero-order valence-electron chi connectivity index (χ0n) is 8.36. The van der Waals surface area contributed by atoms with Crippen LogP contribution in [0.4, 0.5) is 5.69 Å². The molecule has 0 saturated heterocycles. The van der Waals surface area contributed by atoms with Crippen LogP contribution >= 0.6 is 0 Å².